The highest BCUT2D eigenvalue weighted by atomic mass is 16.5. The lowest BCUT2D eigenvalue weighted by Crippen LogP contribution is -2.18. The van der Waals surface area contributed by atoms with Crippen LogP contribution >= 0.6 is 0 Å². The Bertz CT molecular complexity index is 908. The number of rotatable bonds is 6. The van der Waals surface area contributed by atoms with Crippen LogP contribution in [-0.2, 0) is 17.9 Å². The van der Waals surface area contributed by atoms with E-state index in [2.05, 4.69) is 65.6 Å². The van der Waals surface area contributed by atoms with Crippen LogP contribution in [0.4, 0.5) is 5.82 Å². The Morgan fingerprint density at radius 3 is 2.69 bits per heavy atom. The maximum Gasteiger partial charge on any atom is 0.178 e. The molecule has 0 unspecified atom stereocenters. The van der Waals surface area contributed by atoms with Crippen LogP contribution in [0.15, 0.2) is 36.4 Å². The molecule has 2 aromatic heterocycles. The molecule has 1 fully saturated rings. The number of ether oxygens (including phenoxy) is 1. The van der Waals surface area contributed by atoms with Gasteiger partial charge in [0.05, 0.1) is 12.2 Å². The predicted octanol–water partition coefficient (Wildman–Crippen LogP) is 3.93. The first kappa shape index (κ1) is 17.0. The van der Waals surface area contributed by atoms with E-state index in [1.807, 2.05) is 16.6 Å². The van der Waals surface area contributed by atoms with Gasteiger partial charge in [-0.3, -0.25) is 0 Å². The van der Waals surface area contributed by atoms with E-state index >= 15 is 0 Å². The summed E-state index contributed by atoms with van der Waals surface area (Å²) in [5.74, 6) is 2.33. The molecule has 136 valence electrons. The molecule has 0 saturated heterocycles. The first-order chi connectivity index (χ1) is 12.5. The van der Waals surface area contributed by atoms with Gasteiger partial charge in [-0.25, -0.2) is 0 Å². The van der Waals surface area contributed by atoms with Crippen LogP contribution in [0.3, 0.4) is 0 Å². The molecule has 6 nitrogen and oxygen atoms in total. The summed E-state index contributed by atoms with van der Waals surface area (Å²) in [7, 11) is 0. The number of fused-ring (bicyclic) bond motifs is 1. The number of nitrogens with zero attached hydrogens (tertiary/aromatic N) is 4. The molecule has 1 aliphatic rings. The second-order valence-corrected chi connectivity index (χ2v) is 7.90. The fourth-order valence-corrected chi connectivity index (χ4v) is 2.82. The molecule has 0 bridgehead atoms. The van der Waals surface area contributed by atoms with E-state index in [0.717, 1.165) is 17.3 Å². The molecule has 1 aliphatic carbocycles. The fraction of sp³-hybridized carbons (Fsp3) is 0.450. The van der Waals surface area contributed by atoms with Crippen molar-refractivity contribution in [3.05, 3.63) is 53.3 Å². The van der Waals surface area contributed by atoms with Gasteiger partial charge in [0.1, 0.15) is 5.82 Å². The van der Waals surface area contributed by atoms with Crippen molar-refractivity contribution in [2.45, 2.75) is 58.3 Å². The van der Waals surface area contributed by atoms with E-state index in [1.165, 1.54) is 24.0 Å². The van der Waals surface area contributed by atoms with Crippen molar-refractivity contribution in [3.8, 4) is 0 Å². The average Bonchev–Trinajstić information content (AvgIpc) is 3.37. The highest BCUT2D eigenvalue weighted by molar-refractivity contribution is 5.45. The lowest BCUT2D eigenvalue weighted by atomic mass is 10.1. The Kier molecular flexibility index (Phi) is 4.36. The summed E-state index contributed by atoms with van der Waals surface area (Å²) in [6.07, 6.45) is 2.37. The molecule has 3 aromatic rings. The molecule has 0 amide bonds. The van der Waals surface area contributed by atoms with Gasteiger partial charge in [0.2, 0.25) is 0 Å². The summed E-state index contributed by atoms with van der Waals surface area (Å²) >= 11 is 0. The van der Waals surface area contributed by atoms with Crippen molar-refractivity contribution < 1.29 is 4.74 Å². The van der Waals surface area contributed by atoms with E-state index in [0.29, 0.717) is 19.1 Å². The van der Waals surface area contributed by atoms with Crippen LogP contribution in [0.25, 0.3) is 5.65 Å². The van der Waals surface area contributed by atoms with Crippen LogP contribution < -0.4 is 5.32 Å². The first-order valence-electron chi connectivity index (χ1n) is 9.16. The van der Waals surface area contributed by atoms with E-state index in [9.17, 15) is 0 Å². The topological polar surface area (TPSA) is 64.3 Å². The number of aromatic nitrogens is 4. The van der Waals surface area contributed by atoms with Gasteiger partial charge >= 0.3 is 0 Å². The Labute approximate surface area is 153 Å². The molecule has 0 atom stereocenters. The summed E-state index contributed by atoms with van der Waals surface area (Å²) in [5, 5.41) is 16.5. The zero-order valence-corrected chi connectivity index (χ0v) is 15.6. The van der Waals surface area contributed by atoms with Gasteiger partial charge in [-0.05, 0) is 56.9 Å². The zero-order valence-electron chi connectivity index (χ0n) is 15.6. The van der Waals surface area contributed by atoms with Crippen molar-refractivity contribution in [2.75, 3.05) is 5.32 Å². The van der Waals surface area contributed by atoms with Gasteiger partial charge in [0.25, 0.3) is 0 Å². The largest absolute Gasteiger partial charge is 0.371 e. The third-order valence-corrected chi connectivity index (χ3v) is 4.37. The minimum atomic E-state index is -0.133. The highest BCUT2D eigenvalue weighted by Gasteiger charge is 2.29. The minimum Gasteiger partial charge on any atom is -0.371 e. The molecule has 0 aliphatic heterocycles. The third-order valence-electron chi connectivity index (χ3n) is 4.37. The second kappa shape index (κ2) is 6.68. The monoisotopic (exact) mass is 351 g/mol. The molecule has 1 saturated carbocycles. The highest BCUT2D eigenvalue weighted by Crippen LogP contribution is 2.38. The van der Waals surface area contributed by atoms with Crippen LogP contribution in [0.5, 0.6) is 0 Å². The van der Waals surface area contributed by atoms with Gasteiger partial charge in [-0.2, -0.15) is 4.52 Å². The quantitative estimate of drug-likeness (QED) is 0.729. The van der Waals surface area contributed by atoms with Crippen LogP contribution in [0.1, 0.15) is 56.5 Å². The van der Waals surface area contributed by atoms with E-state index < -0.39 is 0 Å². The smallest absolute Gasteiger partial charge is 0.178 e. The fourth-order valence-electron chi connectivity index (χ4n) is 2.82. The number of hydrogen-bond acceptors (Lipinski definition) is 5. The van der Waals surface area contributed by atoms with E-state index in [-0.39, 0.29) is 5.60 Å². The summed E-state index contributed by atoms with van der Waals surface area (Å²) in [5.41, 5.74) is 3.05. The lowest BCUT2D eigenvalue weighted by molar-refractivity contribution is -0.0149. The van der Waals surface area contributed by atoms with Crippen molar-refractivity contribution in [3.63, 3.8) is 0 Å². The van der Waals surface area contributed by atoms with E-state index in [4.69, 9.17) is 4.74 Å². The number of anilines is 1. The Morgan fingerprint density at radius 1 is 1.12 bits per heavy atom. The Hall–Kier alpha value is -2.47. The summed E-state index contributed by atoms with van der Waals surface area (Å²) in [6.45, 7) is 7.54. The number of benzene rings is 1. The maximum atomic E-state index is 5.86. The SMILES string of the molecule is CC(C)(C)OCc1cccc(CNc2ccc3nnc(C4CC4)n3n2)c1. The minimum absolute atomic E-state index is 0.133. The van der Waals surface area contributed by atoms with Crippen molar-refractivity contribution >= 4 is 11.5 Å². The van der Waals surface area contributed by atoms with Gasteiger partial charge < -0.3 is 10.1 Å². The second-order valence-electron chi connectivity index (χ2n) is 7.90. The molecule has 1 N–H and O–H groups in total. The summed E-state index contributed by atoms with van der Waals surface area (Å²) in [4.78, 5) is 0. The average molecular weight is 351 g/mol. The third kappa shape index (κ3) is 4.02. The maximum absolute atomic E-state index is 5.86. The molecule has 0 spiro atoms. The Morgan fingerprint density at radius 2 is 1.92 bits per heavy atom. The van der Waals surface area contributed by atoms with Gasteiger partial charge in [-0.15, -0.1) is 15.3 Å². The van der Waals surface area contributed by atoms with E-state index in [1.54, 1.807) is 0 Å². The number of nitrogens with one attached hydrogen (secondary N) is 1. The zero-order chi connectivity index (χ0) is 18.1. The molecule has 0 radical (unpaired) electrons. The summed E-state index contributed by atoms with van der Waals surface area (Å²) < 4.78 is 7.73. The molecule has 4 rings (SSSR count). The summed E-state index contributed by atoms with van der Waals surface area (Å²) in [6, 6.07) is 12.4. The Balaban J connectivity index is 1.43. The number of hydrogen-bond donors (Lipinski definition) is 1. The molecule has 6 heteroatoms. The van der Waals surface area contributed by atoms with Crippen molar-refractivity contribution in [2.24, 2.45) is 0 Å². The lowest BCUT2D eigenvalue weighted by Gasteiger charge is -2.19. The molecule has 26 heavy (non-hydrogen) atoms. The van der Waals surface area contributed by atoms with Gasteiger partial charge in [0.15, 0.2) is 11.5 Å². The van der Waals surface area contributed by atoms with Gasteiger partial charge in [0, 0.05) is 12.5 Å². The van der Waals surface area contributed by atoms with Crippen LogP contribution in [-0.4, -0.2) is 25.4 Å². The normalized spacial score (nSPS) is 14.7. The van der Waals surface area contributed by atoms with Gasteiger partial charge in [-0.1, -0.05) is 24.3 Å². The van der Waals surface area contributed by atoms with Crippen LogP contribution in [0, 0.1) is 0 Å². The molecule has 2 heterocycles. The first-order valence-corrected chi connectivity index (χ1v) is 9.16. The van der Waals surface area contributed by atoms with Crippen LogP contribution in [0.2, 0.25) is 0 Å². The van der Waals surface area contributed by atoms with Crippen molar-refractivity contribution in [1.82, 2.24) is 19.8 Å². The molecule has 1 aromatic carbocycles. The molecular formula is C20H25N5O. The standard InChI is InChI=1S/C20H25N5O/c1-20(2,3)26-13-15-6-4-5-14(11-15)12-21-17-9-10-18-22-23-19(16-7-8-16)25(18)24-17/h4-6,9-11,16H,7-8,12-13H2,1-3H3,(H,21,24). The molecular weight excluding hydrogens is 326 g/mol. The predicted molar refractivity (Wildman–Crippen MR) is 101 cm³/mol. The van der Waals surface area contributed by atoms with Crippen molar-refractivity contribution in [1.29, 1.82) is 0 Å².